The van der Waals surface area contributed by atoms with Gasteiger partial charge in [-0.1, -0.05) is 24.3 Å². The molecule has 0 bridgehead atoms. The van der Waals surface area contributed by atoms with Gasteiger partial charge in [0.05, 0.1) is 30.6 Å². The van der Waals surface area contributed by atoms with E-state index in [1.807, 2.05) is 53.4 Å². The number of fused-ring (bicyclic) bond motifs is 1. The zero-order chi connectivity index (χ0) is 20.4. The van der Waals surface area contributed by atoms with Crippen molar-refractivity contribution in [3.05, 3.63) is 64.4 Å². The number of hydrogen-bond donors (Lipinski definition) is 1. The van der Waals surface area contributed by atoms with Gasteiger partial charge in [-0.15, -0.1) is 0 Å². The van der Waals surface area contributed by atoms with Crippen LogP contribution in [0.4, 0.5) is 5.82 Å². The van der Waals surface area contributed by atoms with Crippen LogP contribution >= 0.6 is 0 Å². The topological polar surface area (TPSA) is 84.7 Å². The van der Waals surface area contributed by atoms with Crippen LogP contribution in [0.5, 0.6) is 5.75 Å². The molecule has 1 aromatic heterocycles. The van der Waals surface area contributed by atoms with Gasteiger partial charge >= 0.3 is 5.97 Å². The third-order valence-corrected chi connectivity index (χ3v) is 5.48. The van der Waals surface area contributed by atoms with E-state index in [9.17, 15) is 14.7 Å². The highest BCUT2D eigenvalue weighted by atomic mass is 16.5. The summed E-state index contributed by atoms with van der Waals surface area (Å²) >= 11 is 0. The number of anilines is 1. The normalized spacial score (nSPS) is 14.9. The molecule has 29 heavy (non-hydrogen) atoms. The number of nitrogens with zero attached hydrogens (tertiary/aromatic N) is 3. The summed E-state index contributed by atoms with van der Waals surface area (Å²) in [4.78, 5) is 31.1. The Balaban J connectivity index is 1.72. The molecule has 2 aromatic carbocycles. The fraction of sp³-hybridized carbons (Fsp3) is 0.318. The quantitative estimate of drug-likeness (QED) is 0.718. The molecule has 1 fully saturated rings. The molecule has 0 amide bonds. The molecule has 1 saturated heterocycles. The van der Waals surface area contributed by atoms with Crippen molar-refractivity contribution in [2.75, 3.05) is 25.1 Å². The van der Waals surface area contributed by atoms with Crippen molar-refractivity contribution in [3.63, 3.8) is 0 Å². The lowest BCUT2D eigenvalue weighted by Crippen LogP contribution is -2.41. The van der Waals surface area contributed by atoms with Crippen molar-refractivity contribution in [1.82, 2.24) is 9.55 Å². The number of rotatable bonds is 5. The molecule has 0 spiro atoms. The number of aromatic nitrogens is 2. The second-order valence-electron chi connectivity index (χ2n) is 7.26. The van der Waals surface area contributed by atoms with Gasteiger partial charge in [0, 0.05) is 13.1 Å². The summed E-state index contributed by atoms with van der Waals surface area (Å²) in [5, 5.41) is 9.23. The Morgan fingerprint density at radius 3 is 2.48 bits per heavy atom. The number of carboxylic acids is 1. The highest BCUT2D eigenvalue weighted by molar-refractivity contribution is 5.76. The average Bonchev–Trinajstić information content (AvgIpc) is 2.76. The van der Waals surface area contributed by atoms with Crippen LogP contribution in [0.2, 0.25) is 0 Å². The molecule has 3 aromatic rings. The molecule has 1 aliphatic heterocycles. The van der Waals surface area contributed by atoms with Gasteiger partial charge in [0.1, 0.15) is 5.75 Å². The van der Waals surface area contributed by atoms with Crippen molar-refractivity contribution in [2.24, 2.45) is 5.92 Å². The molecule has 0 unspecified atom stereocenters. The fourth-order valence-electron chi connectivity index (χ4n) is 3.79. The number of piperidine rings is 1. The highest BCUT2D eigenvalue weighted by Gasteiger charge is 2.27. The Labute approximate surface area is 168 Å². The van der Waals surface area contributed by atoms with Crippen molar-refractivity contribution in [1.29, 1.82) is 0 Å². The standard InChI is InChI=1S/C22H23N3O4/c1-29-17-8-6-15(7-9-17)14-25-19-5-3-2-4-18(19)23-20(21(25)26)24-12-10-16(11-13-24)22(27)28/h2-9,16H,10-14H2,1H3,(H,27,28). The number of carboxylic acid groups (broad SMARTS) is 1. The lowest BCUT2D eigenvalue weighted by molar-refractivity contribution is -0.142. The van der Waals surface area contributed by atoms with E-state index in [-0.39, 0.29) is 11.5 Å². The van der Waals surface area contributed by atoms with Crippen molar-refractivity contribution in [2.45, 2.75) is 19.4 Å². The number of ether oxygens (including phenoxy) is 1. The average molecular weight is 393 g/mol. The summed E-state index contributed by atoms with van der Waals surface area (Å²) in [6.45, 7) is 1.45. The summed E-state index contributed by atoms with van der Waals surface area (Å²) in [7, 11) is 1.62. The van der Waals surface area contributed by atoms with Crippen LogP contribution in [0.3, 0.4) is 0 Å². The summed E-state index contributed by atoms with van der Waals surface area (Å²) in [5.41, 5.74) is 2.35. The van der Waals surface area contributed by atoms with Gasteiger partial charge in [0.15, 0.2) is 5.82 Å². The number of para-hydroxylation sites is 2. The van der Waals surface area contributed by atoms with E-state index in [2.05, 4.69) is 4.98 Å². The molecule has 7 heteroatoms. The van der Waals surface area contributed by atoms with Gasteiger partial charge in [-0.25, -0.2) is 4.98 Å². The van der Waals surface area contributed by atoms with E-state index in [1.165, 1.54) is 0 Å². The van der Waals surface area contributed by atoms with Gasteiger partial charge in [0.25, 0.3) is 5.56 Å². The van der Waals surface area contributed by atoms with Crippen LogP contribution in [0.25, 0.3) is 11.0 Å². The second-order valence-corrected chi connectivity index (χ2v) is 7.26. The number of benzene rings is 2. The third kappa shape index (κ3) is 3.81. The van der Waals surface area contributed by atoms with E-state index in [0.29, 0.717) is 38.3 Å². The minimum absolute atomic E-state index is 0.159. The first-order valence-electron chi connectivity index (χ1n) is 9.67. The third-order valence-electron chi connectivity index (χ3n) is 5.48. The lowest BCUT2D eigenvalue weighted by Gasteiger charge is -2.31. The Morgan fingerprint density at radius 2 is 1.83 bits per heavy atom. The van der Waals surface area contributed by atoms with Gasteiger partial charge in [0.2, 0.25) is 0 Å². The molecule has 0 saturated carbocycles. The predicted molar refractivity (Wildman–Crippen MR) is 111 cm³/mol. The molecular formula is C22H23N3O4. The maximum atomic E-state index is 13.3. The molecule has 0 radical (unpaired) electrons. The maximum Gasteiger partial charge on any atom is 0.306 e. The van der Waals surface area contributed by atoms with Crippen LogP contribution in [0.1, 0.15) is 18.4 Å². The van der Waals surface area contributed by atoms with Crippen molar-refractivity contribution in [3.8, 4) is 5.75 Å². The van der Waals surface area contributed by atoms with Gasteiger partial charge < -0.3 is 14.7 Å². The van der Waals surface area contributed by atoms with E-state index in [1.54, 1.807) is 11.7 Å². The second kappa shape index (κ2) is 7.95. The lowest BCUT2D eigenvalue weighted by atomic mass is 9.97. The van der Waals surface area contributed by atoms with E-state index >= 15 is 0 Å². The molecule has 150 valence electrons. The first kappa shape index (κ1) is 19.0. The Bertz CT molecular complexity index is 1080. The summed E-state index contributed by atoms with van der Waals surface area (Å²) in [6.07, 6.45) is 1.03. The Morgan fingerprint density at radius 1 is 1.14 bits per heavy atom. The zero-order valence-corrected chi connectivity index (χ0v) is 16.2. The number of carbonyl (C=O) groups is 1. The van der Waals surface area contributed by atoms with Gasteiger partial charge in [-0.05, 0) is 42.7 Å². The minimum Gasteiger partial charge on any atom is -0.497 e. The first-order valence-corrected chi connectivity index (χ1v) is 9.67. The molecule has 1 N–H and O–H groups in total. The number of hydrogen-bond acceptors (Lipinski definition) is 5. The summed E-state index contributed by atoms with van der Waals surface area (Å²) in [6, 6.07) is 15.2. The molecular weight excluding hydrogens is 370 g/mol. The van der Waals surface area contributed by atoms with Crippen molar-refractivity contribution >= 4 is 22.8 Å². The first-order chi connectivity index (χ1) is 14.1. The molecule has 2 heterocycles. The summed E-state index contributed by atoms with van der Waals surface area (Å²) < 4.78 is 6.95. The Kier molecular flexibility index (Phi) is 5.20. The van der Waals surface area contributed by atoms with Crippen LogP contribution in [-0.4, -0.2) is 40.8 Å². The van der Waals surface area contributed by atoms with Crippen LogP contribution in [-0.2, 0) is 11.3 Å². The van der Waals surface area contributed by atoms with E-state index in [4.69, 9.17) is 4.74 Å². The Hall–Kier alpha value is -3.35. The van der Waals surface area contributed by atoms with E-state index < -0.39 is 5.97 Å². The largest absolute Gasteiger partial charge is 0.497 e. The minimum atomic E-state index is -0.770. The van der Waals surface area contributed by atoms with Crippen LogP contribution in [0, 0.1) is 5.92 Å². The van der Waals surface area contributed by atoms with Gasteiger partial charge in [-0.2, -0.15) is 0 Å². The molecule has 1 aliphatic rings. The highest BCUT2D eigenvalue weighted by Crippen LogP contribution is 2.22. The molecule has 0 aliphatic carbocycles. The van der Waals surface area contributed by atoms with Crippen molar-refractivity contribution < 1.29 is 14.6 Å². The molecule has 4 rings (SSSR count). The van der Waals surface area contributed by atoms with E-state index in [0.717, 1.165) is 22.3 Å². The smallest absolute Gasteiger partial charge is 0.306 e. The monoisotopic (exact) mass is 393 g/mol. The number of methoxy groups -OCH3 is 1. The van der Waals surface area contributed by atoms with Gasteiger partial charge in [-0.3, -0.25) is 14.2 Å². The predicted octanol–water partition coefficient (Wildman–Crippen LogP) is 2.75. The fourth-order valence-corrected chi connectivity index (χ4v) is 3.79. The molecule has 0 atom stereocenters. The summed E-state index contributed by atoms with van der Waals surface area (Å²) in [5.74, 6) is 0.0324. The van der Waals surface area contributed by atoms with Crippen LogP contribution in [0.15, 0.2) is 53.3 Å². The number of aliphatic carboxylic acids is 1. The van der Waals surface area contributed by atoms with Crippen LogP contribution < -0.4 is 15.2 Å². The maximum absolute atomic E-state index is 13.3. The molecule has 7 nitrogen and oxygen atoms in total. The zero-order valence-electron chi connectivity index (χ0n) is 16.2. The SMILES string of the molecule is COc1ccc(Cn2c(=O)c(N3CCC(C(=O)O)CC3)nc3ccccc32)cc1.